The summed E-state index contributed by atoms with van der Waals surface area (Å²) >= 11 is 0. The first-order valence-electron chi connectivity index (χ1n) is 33.7. The van der Waals surface area contributed by atoms with Crippen molar-refractivity contribution in [2.75, 3.05) is 53.7 Å². The van der Waals surface area contributed by atoms with E-state index in [4.69, 9.17) is 37.9 Å². The largest absolute Gasteiger partial charge is 0.540 e. The Hall–Kier alpha value is -5.65. The summed E-state index contributed by atoms with van der Waals surface area (Å²) in [5, 5.41) is 0. The van der Waals surface area contributed by atoms with Crippen molar-refractivity contribution in [3.63, 3.8) is 0 Å². The minimum Gasteiger partial charge on any atom is -0.540 e. The fourth-order valence-electron chi connectivity index (χ4n) is 16.6. The van der Waals surface area contributed by atoms with E-state index in [-0.39, 0.29) is 130 Å². The van der Waals surface area contributed by atoms with E-state index in [1.54, 1.807) is 36.4 Å². The number of nitrogens with zero attached hydrogens (tertiary/aromatic N) is 6. The van der Waals surface area contributed by atoms with E-state index in [1.807, 2.05) is 47.2 Å². The van der Waals surface area contributed by atoms with E-state index in [0.29, 0.717) is 92.5 Å². The van der Waals surface area contributed by atoms with Gasteiger partial charge in [0.1, 0.15) is 35.4 Å². The molecule has 0 N–H and O–H groups in total. The van der Waals surface area contributed by atoms with Gasteiger partial charge >= 0.3 is 11.9 Å². The number of hydrogen-bond donors (Lipinski definition) is 0. The van der Waals surface area contributed by atoms with Crippen LogP contribution in [0.25, 0.3) is 22.1 Å². The second kappa shape index (κ2) is 29.3. The molecule has 4 aromatic rings. The van der Waals surface area contributed by atoms with Crippen LogP contribution in [0, 0.1) is 58.2 Å². The zero-order valence-corrected chi connectivity index (χ0v) is 58.3. The molecular weight excluding hydrogens is 1330 g/mol. The number of aromatic nitrogens is 4. The normalized spacial score (nSPS) is 33.1. The molecule has 8 heterocycles. The number of benzene rings is 2. The van der Waals surface area contributed by atoms with Gasteiger partial charge in [0.15, 0.2) is 11.4 Å². The molecule has 9 aliphatic rings. The SMILES string of the molecule is CC[C@@H]1[C@@H]2CN(C(=O)[C@H](C3(C)COC3)CC(=O)O[C@@H]3CC4CC4[C@H]3CCCCC(F)(F)c3nc4ccc(OC)cc4nc3O2)[C@@H]1[C-]=O.CC[C@@H]1[C@@H]2CN(C(=O)[C@H](C3(C)COC3)CC(=O)O[C@]3(C)CCC[C@H]3CCCCC(F)(F)c3nc4ccc(OC)cc4nc3O2)[C@@H]1[C-]=O.[V].[V]. The number of methoxy groups -OCH3 is 2. The summed E-state index contributed by atoms with van der Waals surface area (Å²) in [6.45, 7) is 10.4. The molecule has 2 unspecified atom stereocenters. The van der Waals surface area contributed by atoms with Crippen LogP contribution in [0.2, 0.25) is 0 Å². The van der Waals surface area contributed by atoms with Crippen LogP contribution in [0.1, 0.15) is 155 Å². The van der Waals surface area contributed by atoms with E-state index in [1.165, 1.54) is 24.0 Å². The molecule has 4 bridgehead atoms. The van der Waals surface area contributed by atoms with Gasteiger partial charge < -0.3 is 57.3 Å². The molecule has 20 nitrogen and oxygen atoms in total. The first kappa shape index (κ1) is 73.1. The molecule has 2 amide bonds. The quantitative estimate of drug-likeness (QED) is 0.0906. The Morgan fingerprint density at radius 2 is 1.03 bits per heavy atom. The topological polar surface area (TPSA) is 234 Å². The van der Waals surface area contributed by atoms with E-state index < -0.39 is 124 Å². The van der Waals surface area contributed by atoms with Crippen LogP contribution in [0.3, 0.4) is 0 Å². The van der Waals surface area contributed by atoms with Gasteiger partial charge in [0.25, 0.3) is 11.8 Å². The number of carbonyl (C=O) groups is 4. The minimum atomic E-state index is -3.37. The molecule has 2 radical (unpaired) electrons. The first-order chi connectivity index (χ1) is 45.0. The van der Waals surface area contributed by atoms with Crippen LogP contribution in [0.15, 0.2) is 36.4 Å². The number of ether oxygens (including phenoxy) is 8. The third kappa shape index (κ3) is 14.4. The second-order valence-corrected chi connectivity index (χ2v) is 28.7. The Balaban J connectivity index is 0.000000205. The van der Waals surface area contributed by atoms with Crippen molar-refractivity contribution in [3.05, 3.63) is 47.8 Å². The van der Waals surface area contributed by atoms with Gasteiger partial charge in [0.2, 0.25) is 23.6 Å². The molecule has 26 heteroatoms. The van der Waals surface area contributed by atoms with Gasteiger partial charge in [-0.15, -0.1) is 0 Å². The molecule has 14 atom stereocenters. The molecule has 0 spiro atoms. The Kier molecular flexibility index (Phi) is 22.3. The molecule has 6 aliphatic heterocycles. The van der Waals surface area contributed by atoms with Crippen molar-refractivity contribution in [1.29, 1.82) is 0 Å². The third-order valence-corrected chi connectivity index (χ3v) is 22.4. The van der Waals surface area contributed by atoms with Gasteiger partial charge in [-0.1, -0.05) is 65.5 Å². The molecule has 520 valence electrons. The third-order valence-electron chi connectivity index (χ3n) is 22.4. The van der Waals surface area contributed by atoms with Gasteiger partial charge in [-0.25, -0.2) is 32.5 Å². The summed E-state index contributed by atoms with van der Waals surface area (Å²) in [5.74, 6) is -9.79. The van der Waals surface area contributed by atoms with E-state index in [0.717, 1.165) is 25.7 Å². The summed E-state index contributed by atoms with van der Waals surface area (Å²) in [7, 11) is 3.00. The number of alkyl halides is 4. The zero-order chi connectivity index (χ0) is 66.6. The van der Waals surface area contributed by atoms with Crippen molar-refractivity contribution >= 4 is 58.4 Å². The van der Waals surface area contributed by atoms with Crippen molar-refractivity contribution in [1.82, 2.24) is 29.7 Å². The molecular formula is C70H86F4N6O14V2-2. The van der Waals surface area contributed by atoms with Gasteiger partial charge in [0.05, 0.1) is 100 Å². The van der Waals surface area contributed by atoms with Crippen LogP contribution < -0.4 is 18.9 Å². The fourth-order valence-corrected chi connectivity index (χ4v) is 16.6. The van der Waals surface area contributed by atoms with Crippen molar-refractivity contribution in [2.24, 2.45) is 58.2 Å². The predicted molar refractivity (Wildman–Crippen MR) is 331 cm³/mol. The Morgan fingerprint density at radius 3 is 1.48 bits per heavy atom. The van der Waals surface area contributed by atoms with E-state index in [2.05, 4.69) is 19.9 Å². The molecule has 3 saturated carbocycles. The number of amides is 2. The molecule has 2 aromatic heterocycles. The van der Waals surface area contributed by atoms with Crippen molar-refractivity contribution in [2.45, 2.75) is 192 Å². The average molecular weight is 1410 g/mol. The number of esters is 2. The number of fused-ring (bicyclic) bond motifs is 12. The van der Waals surface area contributed by atoms with Gasteiger partial charge in [-0.2, -0.15) is 17.6 Å². The Labute approximate surface area is 580 Å². The van der Waals surface area contributed by atoms with Crippen LogP contribution >= 0.6 is 0 Å². The molecule has 2 aromatic carbocycles. The molecule has 7 fully saturated rings. The van der Waals surface area contributed by atoms with Gasteiger partial charge in [-0.05, 0) is 124 Å². The van der Waals surface area contributed by atoms with Crippen LogP contribution in [-0.4, -0.2) is 156 Å². The Bertz CT molecular complexity index is 3420. The number of rotatable bonds is 8. The summed E-state index contributed by atoms with van der Waals surface area (Å²) < 4.78 is 111. The molecule has 4 saturated heterocycles. The van der Waals surface area contributed by atoms with Gasteiger partial charge in [-0.3, -0.25) is 19.2 Å². The molecule has 96 heavy (non-hydrogen) atoms. The maximum atomic E-state index is 16.1. The summed E-state index contributed by atoms with van der Waals surface area (Å²) in [4.78, 5) is 101. The van der Waals surface area contributed by atoms with Crippen molar-refractivity contribution in [3.8, 4) is 23.3 Å². The monoisotopic (exact) mass is 1410 g/mol. The van der Waals surface area contributed by atoms with Gasteiger partial charge in [0, 0.05) is 72.9 Å². The summed E-state index contributed by atoms with van der Waals surface area (Å²) in [6.07, 6.45) is 8.73. The maximum Gasteiger partial charge on any atom is 0.307 e. The second-order valence-electron chi connectivity index (χ2n) is 28.7. The zero-order valence-electron chi connectivity index (χ0n) is 55.5. The number of carbonyl (C=O) groups excluding carboxylic acids is 6. The standard InChI is InChI=1S/C35H42F2N3O7.C35H44F2N3O7.2V/c1-4-21-27(16-41)40-15-29(21)47-32-31(38-25-9-8-20(44-3)13-26(25)39-32)35(36,37)10-6-5-7-22-23-11-19(23)12-28(22)46-30(42)14-24(33(40)43)34(2)17-45-18-34;1-5-23-27(18-41)40-17-28(23)46-31-30(38-25-12-11-22(44-4)15-26(25)39-31)35(36,37)14-7-6-9-21-10-8-13-34(21,3)47-29(42)16-24(32(40)43)33(2)19-45-20-33;;/h8-9,13,19,21-24,27-29H,4-7,10-12,14-15,17-18H2,1-3H3;11-12,15,21,23-24,27-28H,5-10,13-14,16-17,19-20H2,1-4H3;;/q2*-1;;/t19?,21-,22+,23?,24+,27+,28+,29-;21-,23+,24-,27-,28+,34-;;/m01../s1. The van der Waals surface area contributed by atoms with Crippen LogP contribution in [-0.2, 0) is 96.7 Å². The number of halogens is 4. The molecule has 3 aliphatic carbocycles. The first-order valence-corrected chi connectivity index (χ1v) is 33.7. The maximum absolute atomic E-state index is 16.1. The van der Waals surface area contributed by atoms with E-state index >= 15 is 17.6 Å². The fraction of sp³-hybridized carbons (Fsp3) is 0.686. The molecule has 13 rings (SSSR count). The van der Waals surface area contributed by atoms with Crippen LogP contribution in [0.5, 0.6) is 23.3 Å². The number of hydrogen-bond acceptors (Lipinski definition) is 18. The predicted octanol–water partition coefficient (Wildman–Crippen LogP) is 10.5. The van der Waals surface area contributed by atoms with Crippen molar-refractivity contribution < 1.29 is 121 Å². The average Bonchev–Trinajstić information content (AvgIpc) is 1.57. The Morgan fingerprint density at radius 1 is 0.562 bits per heavy atom. The van der Waals surface area contributed by atoms with E-state index in [9.17, 15) is 28.8 Å². The summed E-state index contributed by atoms with van der Waals surface area (Å²) in [6, 6.07) is 7.65. The van der Waals surface area contributed by atoms with Crippen LogP contribution in [0.4, 0.5) is 17.6 Å². The summed E-state index contributed by atoms with van der Waals surface area (Å²) in [5.41, 5.74) is -1.96. The minimum absolute atomic E-state index is 0. The smallest absolute Gasteiger partial charge is 0.307 e.